The van der Waals surface area contributed by atoms with E-state index in [0.29, 0.717) is 23.7 Å². The minimum absolute atomic E-state index is 0.107. The van der Waals surface area contributed by atoms with E-state index in [2.05, 4.69) is 10.4 Å². The molecule has 24 heavy (non-hydrogen) atoms. The summed E-state index contributed by atoms with van der Waals surface area (Å²) < 4.78 is 1.70. The molecule has 2 rings (SSSR count). The maximum absolute atomic E-state index is 12.1. The van der Waals surface area contributed by atoms with Gasteiger partial charge in [0.2, 0.25) is 0 Å². The second-order valence-corrected chi connectivity index (χ2v) is 7.11. The van der Waals surface area contributed by atoms with E-state index in [-0.39, 0.29) is 17.9 Å². The molecule has 1 aromatic heterocycles. The van der Waals surface area contributed by atoms with Crippen LogP contribution in [0.3, 0.4) is 0 Å². The average Bonchev–Trinajstić information content (AvgIpc) is 3.02. The quantitative estimate of drug-likeness (QED) is 0.719. The van der Waals surface area contributed by atoms with Crippen molar-refractivity contribution in [3.05, 3.63) is 52.8 Å². The number of benzene rings is 1. The van der Waals surface area contributed by atoms with E-state index in [1.807, 2.05) is 38.1 Å². The maximum atomic E-state index is 12.1. The van der Waals surface area contributed by atoms with Crippen molar-refractivity contribution in [2.24, 2.45) is 5.41 Å². The second kappa shape index (κ2) is 8.31. The summed E-state index contributed by atoms with van der Waals surface area (Å²) in [6, 6.07) is 7.58. The molecule has 2 N–H and O–H groups in total. The van der Waals surface area contributed by atoms with E-state index < -0.39 is 0 Å². The van der Waals surface area contributed by atoms with Crippen LogP contribution in [0.5, 0.6) is 0 Å². The molecule has 2 aromatic rings. The zero-order chi connectivity index (χ0) is 17.6. The van der Waals surface area contributed by atoms with Crippen molar-refractivity contribution < 1.29 is 9.90 Å². The Morgan fingerprint density at radius 3 is 2.83 bits per heavy atom. The van der Waals surface area contributed by atoms with E-state index >= 15 is 0 Å². The van der Waals surface area contributed by atoms with Gasteiger partial charge in [-0.2, -0.15) is 5.10 Å². The molecule has 0 spiro atoms. The minimum atomic E-state index is -0.137. The van der Waals surface area contributed by atoms with Gasteiger partial charge in [0, 0.05) is 24.4 Å². The lowest BCUT2D eigenvalue weighted by atomic mass is 9.89. The van der Waals surface area contributed by atoms with Crippen molar-refractivity contribution in [2.45, 2.75) is 33.2 Å². The number of aliphatic hydroxyl groups excluding tert-OH is 1. The maximum Gasteiger partial charge on any atom is 0.254 e. The first-order chi connectivity index (χ1) is 11.4. The van der Waals surface area contributed by atoms with E-state index in [1.54, 1.807) is 17.1 Å². The highest BCUT2D eigenvalue weighted by molar-refractivity contribution is 6.31. The summed E-state index contributed by atoms with van der Waals surface area (Å²) >= 11 is 6.14. The summed E-state index contributed by atoms with van der Waals surface area (Å²) in [5, 5.41) is 17.0. The van der Waals surface area contributed by atoms with Crippen LogP contribution in [-0.4, -0.2) is 33.9 Å². The standard InChI is InChI=1S/C18H24ClN3O2/c1-18(2,13-23)8-5-9-20-17(24)15-10-21-22(12-15)11-14-6-3-4-7-16(14)19/h3-4,6-7,10,12,23H,5,8-9,11,13H2,1-2H3,(H,20,24). The van der Waals surface area contributed by atoms with Gasteiger partial charge in [0.25, 0.3) is 5.91 Å². The highest BCUT2D eigenvalue weighted by Gasteiger charge is 2.16. The fourth-order valence-electron chi connectivity index (χ4n) is 2.32. The van der Waals surface area contributed by atoms with E-state index in [1.165, 1.54) is 0 Å². The number of hydrogen-bond acceptors (Lipinski definition) is 3. The number of nitrogens with zero attached hydrogens (tertiary/aromatic N) is 2. The molecule has 0 radical (unpaired) electrons. The zero-order valence-corrected chi connectivity index (χ0v) is 14.9. The first-order valence-electron chi connectivity index (χ1n) is 8.06. The van der Waals surface area contributed by atoms with Crippen molar-refractivity contribution in [1.29, 1.82) is 0 Å². The molecule has 0 bridgehead atoms. The Balaban J connectivity index is 1.84. The number of amides is 1. The fourth-order valence-corrected chi connectivity index (χ4v) is 2.51. The fraction of sp³-hybridized carbons (Fsp3) is 0.444. The lowest BCUT2D eigenvalue weighted by Gasteiger charge is -2.21. The van der Waals surface area contributed by atoms with Gasteiger partial charge in [-0.05, 0) is 29.9 Å². The molecule has 6 heteroatoms. The predicted octanol–water partition coefficient (Wildman–Crippen LogP) is 3.11. The van der Waals surface area contributed by atoms with Crippen molar-refractivity contribution in [3.8, 4) is 0 Å². The second-order valence-electron chi connectivity index (χ2n) is 6.70. The SMILES string of the molecule is CC(C)(CO)CCCNC(=O)c1cnn(Cc2ccccc2Cl)c1. The largest absolute Gasteiger partial charge is 0.396 e. The third-order valence-corrected chi connectivity index (χ3v) is 4.30. The summed E-state index contributed by atoms with van der Waals surface area (Å²) in [6.07, 6.45) is 4.96. The lowest BCUT2D eigenvalue weighted by Crippen LogP contribution is -2.26. The van der Waals surface area contributed by atoms with Gasteiger partial charge in [0.15, 0.2) is 0 Å². The van der Waals surface area contributed by atoms with Crippen molar-refractivity contribution in [2.75, 3.05) is 13.2 Å². The third-order valence-electron chi connectivity index (χ3n) is 3.93. The minimum Gasteiger partial charge on any atom is -0.396 e. The summed E-state index contributed by atoms with van der Waals surface area (Å²) in [7, 11) is 0. The number of hydrogen-bond donors (Lipinski definition) is 2. The van der Waals surface area contributed by atoms with Crippen molar-refractivity contribution in [1.82, 2.24) is 15.1 Å². The van der Waals surface area contributed by atoms with Crippen LogP contribution in [0, 0.1) is 5.41 Å². The number of carbonyl (C=O) groups is 1. The average molecular weight is 350 g/mol. The van der Waals surface area contributed by atoms with Crippen LogP contribution in [0.4, 0.5) is 0 Å². The predicted molar refractivity (Wildman–Crippen MR) is 95.2 cm³/mol. The van der Waals surface area contributed by atoms with Crippen molar-refractivity contribution >= 4 is 17.5 Å². The number of nitrogens with one attached hydrogen (secondary N) is 1. The van der Waals surface area contributed by atoms with Crippen LogP contribution in [0.25, 0.3) is 0 Å². The molecule has 0 saturated carbocycles. The molecule has 1 aromatic carbocycles. The van der Waals surface area contributed by atoms with Gasteiger partial charge < -0.3 is 10.4 Å². The Morgan fingerprint density at radius 1 is 1.38 bits per heavy atom. The van der Waals surface area contributed by atoms with Crippen LogP contribution in [-0.2, 0) is 6.54 Å². The topological polar surface area (TPSA) is 67.2 Å². The lowest BCUT2D eigenvalue weighted by molar-refractivity contribution is 0.0948. The molecule has 0 aliphatic rings. The molecule has 1 heterocycles. The zero-order valence-electron chi connectivity index (χ0n) is 14.1. The molecule has 1 amide bonds. The molecule has 0 fully saturated rings. The van der Waals surface area contributed by atoms with Crippen LogP contribution in [0.2, 0.25) is 5.02 Å². The molecular formula is C18H24ClN3O2. The van der Waals surface area contributed by atoms with Gasteiger partial charge in [0.1, 0.15) is 0 Å². The normalized spacial score (nSPS) is 11.5. The molecule has 0 saturated heterocycles. The Bertz CT molecular complexity index is 682. The number of aliphatic hydroxyl groups is 1. The Labute approximate surface area is 147 Å². The monoisotopic (exact) mass is 349 g/mol. The van der Waals surface area contributed by atoms with Gasteiger partial charge >= 0.3 is 0 Å². The van der Waals surface area contributed by atoms with Gasteiger partial charge in [-0.15, -0.1) is 0 Å². The number of carbonyl (C=O) groups excluding carboxylic acids is 1. The summed E-state index contributed by atoms with van der Waals surface area (Å²) in [6.45, 7) is 5.27. The molecule has 0 unspecified atom stereocenters. The van der Waals surface area contributed by atoms with E-state index in [4.69, 9.17) is 11.6 Å². The smallest absolute Gasteiger partial charge is 0.254 e. The highest BCUT2D eigenvalue weighted by Crippen LogP contribution is 2.20. The van der Waals surface area contributed by atoms with E-state index in [9.17, 15) is 9.90 Å². The van der Waals surface area contributed by atoms with Crippen LogP contribution < -0.4 is 5.32 Å². The van der Waals surface area contributed by atoms with Gasteiger partial charge in [0.05, 0.1) is 18.3 Å². The van der Waals surface area contributed by atoms with Crippen molar-refractivity contribution in [3.63, 3.8) is 0 Å². The Morgan fingerprint density at radius 2 is 2.12 bits per heavy atom. The van der Waals surface area contributed by atoms with Gasteiger partial charge in [-0.3, -0.25) is 9.48 Å². The number of halogens is 1. The molecule has 0 atom stereocenters. The Hall–Kier alpha value is -1.85. The molecule has 130 valence electrons. The molecular weight excluding hydrogens is 326 g/mol. The summed E-state index contributed by atoms with van der Waals surface area (Å²) in [5.74, 6) is -0.137. The molecule has 0 aliphatic heterocycles. The van der Waals surface area contributed by atoms with Gasteiger partial charge in [-0.1, -0.05) is 43.6 Å². The van der Waals surface area contributed by atoms with E-state index in [0.717, 1.165) is 18.4 Å². The number of aromatic nitrogens is 2. The van der Waals surface area contributed by atoms with Crippen LogP contribution in [0.1, 0.15) is 42.6 Å². The Kier molecular flexibility index (Phi) is 6.40. The van der Waals surface area contributed by atoms with Crippen LogP contribution in [0.15, 0.2) is 36.7 Å². The van der Waals surface area contributed by atoms with Crippen LogP contribution >= 0.6 is 11.6 Å². The first-order valence-corrected chi connectivity index (χ1v) is 8.44. The first kappa shape index (κ1) is 18.5. The summed E-state index contributed by atoms with van der Waals surface area (Å²) in [5.41, 5.74) is 1.38. The molecule has 0 aliphatic carbocycles. The number of rotatable bonds is 8. The highest BCUT2D eigenvalue weighted by atomic mass is 35.5. The summed E-state index contributed by atoms with van der Waals surface area (Å²) in [4.78, 5) is 12.1. The molecule has 5 nitrogen and oxygen atoms in total. The third kappa shape index (κ3) is 5.35. The van der Waals surface area contributed by atoms with Gasteiger partial charge in [-0.25, -0.2) is 0 Å².